The van der Waals surface area contributed by atoms with E-state index in [1.165, 1.54) is 5.56 Å². The van der Waals surface area contributed by atoms with Gasteiger partial charge in [-0.25, -0.2) is 0 Å². The molecule has 2 rings (SSSR count). The Morgan fingerprint density at radius 1 is 1.50 bits per heavy atom. The molecule has 1 aliphatic rings. The van der Waals surface area contributed by atoms with Crippen molar-refractivity contribution in [3.05, 3.63) is 30.1 Å². The molecule has 0 amide bonds. The number of hydrogen-bond acceptors (Lipinski definition) is 4. The van der Waals surface area contributed by atoms with E-state index in [2.05, 4.69) is 22.1 Å². The fourth-order valence-electron chi connectivity index (χ4n) is 2.23. The van der Waals surface area contributed by atoms with Crippen LogP contribution in [0.25, 0.3) is 0 Å². The van der Waals surface area contributed by atoms with Crippen LogP contribution in [0.1, 0.15) is 12.5 Å². The van der Waals surface area contributed by atoms with Gasteiger partial charge in [-0.2, -0.15) is 0 Å². The zero-order valence-electron chi connectivity index (χ0n) is 10.5. The van der Waals surface area contributed by atoms with Crippen molar-refractivity contribution in [2.75, 3.05) is 19.6 Å². The number of aliphatic carboxylic acids is 1. The summed E-state index contributed by atoms with van der Waals surface area (Å²) >= 11 is 0. The molecule has 5 nitrogen and oxygen atoms in total. The number of nitrogens with zero attached hydrogens (tertiary/aromatic N) is 2. The fourth-order valence-corrected chi connectivity index (χ4v) is 2.23. The minimum absolute atomic E-state index is 0.336. The summed E-state index contributed by atoms with van der Waals surface area (Å²) < 4.78 is 0. The Bertz CT molecular complexity index is 396. The first-order valence-corrected chi connectivity index (χ1v) is 6.23. The smallest absolute Gasteiger partial charge is 0.309 e. The van der Waals surface area contributed by atoms with Crippen molar-refractivity contribution in [3.8, 4) is 0 Å². The van der Waals surface area contributed by atoms with Crippen molar-refractivity contribution >= 4 is 5.97 Å². The summed E-state index contributed by atoms with van der Waals surface area (Å²) in [6.07, 6.45) is 3.54. The normalized spacial score (nSPS) is 25.6. The van der Waals surface area contributed by atoms with Gasteiger partial charge in [-0.05, 0) is 24.6 Å². The maximum atomic E-state index is 11.1. The first-order valence-electron chi connectivity index (χ1n) is 6.23. The lowest BCUT2D eigenvalue weighted by atomic mass is 10.1. The first-order chi connectivity index (χ1) is 8.66. The molecule has 2 heterocycles. The molecule has 5 heteroatoms. The average Bonchev–Trinajstić information content (AvgIpc) is 2.54. The third-order valence-corrected chi connectivity index (χ3v) is 3.39. The topological polar surface area (TPSA) is 65.5 Å². The van der Waals surface area contributed by atoms with Crippen molar-refractivity contribution in [3.63, 3.8) is 0 Å². The number of rotatable bonds is 3. The average molecular weight is 249 g/mol. The maximum Gasteiger partial charge on any atom is 0.309 e. The molecule has 0 aromatic carbocycles. The molecule has 1 aromatic heterocycles. The summed E-state index contributed by atoms with van der Waals surface area (Å²) in [4.78, 5) is 17.3. The van der Waals surface area contributed by atoms with Crippen LogP contribution in [0.4, 0.5) is 0 Å². The molecule has 0 saturated carbocycles. The zero-order chi connectivity index (χ0) is 13.0. The molecule has 0 radical (unpaired) electrons. The standard InChI is InChI=1S/C13H19N3O2/c1-10-6-15-7-12(13(17)18)9-16(10)8-11-2-4-14-5-3-11/h2-5,10,12,15H,6-9H2,1H3,(H,17,18). The molecule has 2 atom stereocenters. The lowest BCUT2D eigenvalue weighted by molar-refractivity contribution is -0.142. The largest absolute Gasteiger partial charge is 0.481 e. The van der Waals surface area contributed by atoms with Crippen LogP contribution in [0.15, 0.2) is 24.5 Å². The summed E-state index contributed by atoms with van der Waals surface area (Å²) in [6, 6.07) is 4.28. The minimum Gasteiger partial charge on any atom is -0.481 e. The Balaban J connectivity index is 2.06. The van der Waals surface area contributed by atoms with Gasteiger partial charge in [-0.15, -0.1) is 0 Å². The van der Waals surface area contributed by atoms with E-state index < -0.39 is 5.97 Å². The Kier molecular flexibility index (Phi) is 4.28. The van der Waals surface area contributed by atoms with Crippen LogP contribution in [-0.2, 0) is 11.3 Å². The lowest BCUT2D eigenvalue weighted by Gasteiger charge is -2.27. The molecule has 18 heavy (non-hydrogen) atoms. The van der Waals surface area contributed by atoms with Gasteiger partial charge >= 0.3 is 5.97 Å². The predicted octanol–water partition coefficient (Wildman–Crippen LogP) is 0.576. The highest BCUT2D eigenvalue weighted by Crippen LogP contribution is 2.13. The van der Waals surface area contributed by atoms with Crippen LogP contribution in [0.5, 0.6) is 0 Å². The monoisotopic (exact) mass is 249 g/mol. The quantitative estimate of drug-likeness (QED) is 0.820. The molecule has 0 bridgehead atoms. The van der Waals surface area contributed by atoms with Crippen molar-refractivity contribution in [1.29, 1.82) is 0 Å². The van der Waals surface area contributed by atoms with Crippen molar-refractivity contribution in [2.45, 2.75) is 19.5 Å². The van der Waals surface area contributed by atoms with E-state index in [4.69, 9.17) is 5.11 Å². The third kappa shape index (κ3) is 3.27. The Hall–Kier alpha value is -1.46. The molecule has 1 fully saturated rings. The summed E-state index contributed by atoms with van der Waals surface area (Å²) in [6.45, 7) is 4.86. The number of aromatic nitrogens is 1. The van der Waals surface area contributed by atoms with Gasteiger partial charge in [0.15, 0.2) is 0 Å². The molecule has 1 saturated heterocycles. The highest BCUT2D eigenvalue weighted by Gasteiger charge is 2.27. The Morgan fingerprint density at radius 2 is 2.22 bits per heavy atom. The number of hydrogen-bond donors (Lipinski definition) is 2. The molecule has 2 N–H and O–H groups in total. The number of carbonyl (C=O) groups is 1. The van der Waals surface area contributed by atoms with E-state index in [1.807, 2.05) is 12.1 Å². The first kappa shape index (κ1) is 13.0. The fraction of sp³-hybridized carbons (Fsp3) is 0.538. The highest BCUT2D eigenvalue weighted by molar-refractivity contribution is 5.70. The van der Waals surface area contributed by atoms with Crippen molar-refractivity contribution in [1.82, 2.24) is 15.2 Å². The number of carboxylic acids is 1. The van der Waals surface area contributed by atoms with Crippen LogP contribution in [0.2, 0.25) is 0 Å². The van der Waals surface area contributed by atoms with Crippen LogP contribution in [-0.4, -0.2) is 46.6 Å². The van der Waals surface area contributed by atoms with Gasteiger partial charge < -0.3 is 10.4 Å². The minimum atomic E-state index is -0.726. The summed E-state index contributed by atoms with van der Waals surface area (Å²) in [7, 11) is 0. The third-order valence-electron chi connectivity index (χ3n) is 3.39. The summed E-state index contributed by atoms with van der Waals surface area (Å²) in [5, 5.41) is 12.4. The number of carboxylic acid groups (broad SMARTS) is 1. The van der Waals surface area contributed by atoms with E-state index in [0.717, 1.165) is 13.1 Å². The molecule has 0 spiro atoms. The van der Waals surface area contributed by atoms with E-state index in [1.54, 1.807) is 12.4 Å². The van der Waals surface area contributed by atoms with E-state index >= 15 is 0 Å². The second-order valence-corrected chi connectivity index (χ2v) is 4.83. The van der Waals surface area contributed by atoms with Gasteiger partial charge in [0, 0.05) is 44.6 Å². The maximum absolute atomic E-state index is 11.1. The van der Waals surface area contributed by atoms with Crippen molar-refractivity contribution < 1.29 is 9.90 Å². The van der Waals surface area contributed by atoms with Gasteiger partial charge in [0.2, 0.25) is 0 Å². The highest BCUT2D eigenvalue weighted by atomic mass is 16.4. The molecule has 1 aromatic rings. The lowest BCUT2D eigenvalue weighted by Crippen LogP contribution is -2.38. The molecular formula is C13H19N3O2. The number of pyridine rings is 1. The number of nitrogens with one attached hydrogen (secondary N) is 1. The summed E-state index contributed by atoms with van der Waals surface area (Å²) in [5.74, 6) is -1.06. The van der Waals surface area contributed by atoms with Crippen LogP contribution in [0, 0.1) is 5.92 Å². The Labute approximate surface area is 107 Å². The zero-order valence-corrected chi connectivity index (χ0v) is 10.5. The van der Waals surface area contributed by atoms with Gasteiger partial charge in [0.25, 0.3) is 0 Å². The molecule has 0 aliphatic carbocycles. The van der Waals surface area contributed by atoms with Crippen molar-refractivity contribution in [2.24, 2.45) is 5.92 Å². The van der Waals surface area contributed by atoms with Crippen LogP contribution < -0.4 is 5.32 Å². The van der Waals surface area contributed by atoms with Gasteiger partial charge in [0.05, 0.1) is 5.92 Å². The van der Waals surface area contributed by atoms with Gasteiger partial charge in [-0.1, -0.05) is 0 Å². The van der Waals surface area contributed by atoms with Gasteiger partial charge in [0.1, 0.15) is 0 Å². The molecule has 1 aliphatic heterocycles. The van der Waals surface area contributed by atoms with E-state index in [-0.39, 0.29) is 5.92 Å². The predicted molar refractivity (Wildman–Crippen MR) is 68.1 cm³/mol. The molecular weight excluding hydrogens is 230 g/mol. The Morgan fingerprint density at radius 3 is 2.89 bits per heavy atom. The van der Waals surface area contributed by atoms with E-state index in [0.29, 0.717) is 19.1 Å². The SMILES string of the molecule is CC1CNCC(C(=O)O)CN1Cc1ccncc1. The van der Waals surface area contributed by atoms with Gasteiger partial charge in [-0.3, -0.25) is 14.7 Å². The second-order valence-electron chi connectivity index (χ2n) is 4.83. The second kappa shape index (κ2) is 5.93. The van der Waals surface area contributed by atoms with E-state index in [9.17, 15) is 4.79 Å². The molecule has 2 unspecified atom stereocenters. The van der Waals surface area contributed by atoms with Crippen LogP contribution in [0.3, 0.4) is 0 Å². The van der Waals surface area contributed by atoms with Crippen LogP contribution >= 0.6 is 0 Å². The summed E-state index contributed by atoms with van der Waals surface area (Å²) in [5.41, 5.74) is 1.17. The molecule has 98 valence electrons.